The number of amides is 2. The van der Waals surface area contributed by atoms with Crippen LogP contribution in [0.15, 0.2) is 36.4 Å². The molecule has 5 nitrogen and oxygen atoms in total. The molecule has 0 aliphatic heterocycles. The Balaban J connectivity index is 2.27. The highest BCUT2D eigenvalue weighted by atomic mass is 35.5. The Bertz CT molecular complexity index is 882. The number of aryl methyl sites for hydroxylation is 2. The molecule has 0 spiro atoms. The third kappa shape index (κ3) is 6.13. The Morgan fingerprint density at radius 2 is 1.73 bits per heavy atom. The number of nitrogens with one attached hydrogen (secondary N) is 1. The largest absolute Gasteiger partial charge is 0.484 e. The van der Waals surface area contributed by atoms with Crippen molar-refractivity contribution >= 4 is 35.0 Å². The lowest BCUT2D eigenvalue weighted by Gasteiger charge is -2.31. The van der Waals surface area contributed by atoms with Crippen LogP contribution in [-0.4, -0.2) is 35.9 Å². The summed E-state index contributed by atoms with van der Waals surface area (Å²) in [5.74, 6) is 0.0678. The molecule has 0 unspecified atom stereocenters. The molecule has 0 aromatic heterocycles. The van der Waals surface area contributed by atoms with Gasteiger partial charge in [-0.15, -0.1) is 0 Å². The Kier molecular flexibility index (Phi) is 9.00. The standard InChI is InChI=1S/C23H28Cl2N2O3/c1-5-21(23(29)26-6-2)27(13-18-19(24)8-7-9-20(18)25)22(28)14-30-17-11-10-15(3)16(4)12-17/h7-12,21H,5-6,13-14H2,1-4H3,(H,26,29)/t21-/m0/s1. The maximum Gasteiger partial charge on any atom is 0.261 e. The lowest BCUT2D eigenvalue weighted by molar-refractivity contribution is -0.142. The minimum Gasteiger partial charge on any atom is -0.484 e. The average Bonchev–Trinajstić information content (AvgIpc) is 2.70. The molecule has 2 rings (SSSR count). The van der Waals surface area contributed by atoms with E-state index in [0.29, 0.717) is 34.3 Å². The summed E-state index contributed by atoms with van der Waals surface area (Å²) in [5.41, 5.74) is 2.82. The van der Waals surface area contributed by atoms with Gasteiger partial charge in [0.25, 0.3) is 5.91 Å². The van der Waals surface area contributed by atoms with Crippen LogP contribution in [0.2, 0.25) is 10.0 Å². The molecule has 0 heterocycles. The van der Waals surface area contributed by atoms with Gasteiger partial charge < -0.3 is 15.0 Å². The summed E-state index contributed by atoms with van der Waals surface area (Å²) in [6.07, 6.45) is 0.448. The Hall–Kier alpha value is -2.24. The lowest BCUT2D eigenvalue weighted by atomic mass is 10.1. The number of hydrogen-bond donors (Lipinski definition) is 1. The fourth-order valence-corrected chi connectivity index (χ4v) is 3.61. The average molecular weight is 451 g/mol. The number of rotatable bonds is 9. The SMILES string of the molecule is CCNC(=O)[C@H](CC)N(Cc1c(Cl)cccc1Cl)C(=O)COc1ccc(C)c(C)c1. The second kappa shape index (κ2) is 11.2. The molecule has 0 aliphatic rings. The monoisotopic (exact) mass is 450 g/mol. The lowest BCUT2D eigenvalue weighted by Crippen LogP contribution is -2.50. The normalized spacial score (nSPS) is 11.7. The van der Waals surface area contributed by atoms with Crippen molar-refractivity contribution in [3.8, 4) is 5.75 Å². The zero-order valence-corrected chi connectivity index (χ0v) is 19.3. The van der Waals surface area contributed by atoms with E-state index in [4.69, 9.17) is 27.9 Å². The van der Waals surface area contributed by atoms with E-state index in [0.717, 1.165) is 11.1 Å². The first kappa shape index (κ1) is 24.0. The van der Waals surface area contributed by atoms with Gasteiger partial charge in [0, 0.05) is 28.7 Å². The van der Waals surface area contributed by atoms with Crippen LogP contribution in [0.5, 0.6) is 5.75 Å². The van der Waals surface area contributed by atoms with Gasteiger partial charge >= 0.3 is 0 Å². The van der Waals surface area contributed by atoms with Gasteiger partial charge in [-0.3, -0.25) is 9.59 Å². The smallest absolute Gasteiger partial charge is 0.261 e. The summed E-state index contributed by atoms with van der Waals surface area (Å²) in [7, 11) is 0. The van der Waals surface area contributed by atoms with Crippen LogP contribution >= 0.6 is 23.2 Å². The molecule has 1 atom stereocenters. The van der Waals surface area contributed by atoms with Crippen LogP contribution in [-0.2, 0) is 16.1 Å². The summed E-state index contributed by atoms with van der Waals surface area (Å²) in [6, 6.07) is 10.2. The third-order valence-corrected chi connectivity index (χ3v) is 5.68. The van der Waals surface area contributed by atoms with Crippen molar-refractivity contribution in [1.29, 1.82) is 0 Å². The molecule has 0 saturated heterocycles. The zero-order chi connectivity index (χ0) is 22.3. The molecule has 2 amide bonds. The molecule has 30 heavy (non-hydrogen) atoms. The van der Waals surface area contributed by atoms with Gasteiger partial charge in [0.15, 0.2) is 6.61 Å². The Labute approximate surface area is 188 Å². The maximum absolute atomic E-state index is 13.1. The van der Waals surface area contributed by atoms with Crippen molar-refractivity contribution in [3.05, 3.63) is 63.1 Å². The number of ether oxygens (including phenoxy) is 1. The summed E-state index contributed by atoms with van der Waals surface area (Å²) in [4.78, 5) is 27.2. The van der Waals surface area contributed by atoms with Gasteiger partial charge in [-0.1, -0.05) is 42.3 Å². The molecule has 0 fully saturated rings. The number of carbonyl (C=O) groups excluding carboxylic acids is 2. The highest BCUT2D eigenvalue weighted by Gasteiger charge is 2.29. The van der Waals surface area contributed by atoms with Gasteiger partial charge in [0.2, 0.25) is 5.91 Å². The minimum atomic E-state index is -0.659. The fourth-order valence-electron chi connectivity index (χ4n) is 3.10. The van der Waals surface area contributed by atoms with Gasteiger partial charge in [-0.2, -0.15) is 0 Å². The zero-order valence-electron chi connectivity index (χ0n) is 17.8. The van der Waals surface area contributed by atoms with E-state index in [2.05, 4.69) is 5.32 Å². The highest BCUT2D eigenvalue weighted by molar-refractivity contribution is 6.36. The van der Waals surface area contributed by atoms with E-state index in [9.17, 15) is 9.59 Å². The molecule has 0 aliphatic carbocycles. The van der Waals surface area contributed by atoms with E-state index >= 15 is 0 Å². The summed E-state index contributed by atoms with van der Waals surface area (Å²) in [6.45, 7) is 8.09. The molecular weight excluding hydrogens is 423 g/mol. The molecule has 162 valence electrons. The van der Waals surface area contributed by atoms with Gasteiger partial charge in [-0.05, 0) is 62.6 Å². The molecule has 0 saturated carbocycles. The van der Waals surface area contributed by atoms with Crippen LogP contribution in [0.25, 0.3) is 0 Å². The van der Waals surface area contributed by atoms with Crippen LogP contribution in [0, 0.1) is 13.8 Å². The molecule has 2 aromatic rings. The van der Waals surface area contributed by atoms with E-state index in [1.807, 2.05) is 45.9 Å². The first-order chi connectivity index (χ1) is 14.3. The first-order valence-electron chi connectivity index (χ1n) is 9.98. The second-order valence-corrected chi connectivity index (χ2v) is 7.89. The van der Waals surface area contributed by atoms with E-state index in [-0.39, 0.29) is 25.0 Å². The number of benzene rings is 2. The summed E-state index contributed by atoms with van der Waals surface area (Å²) >= 11 is 12.6. The summed E-state index contributed by atoms with van der Waals surface area (Å²) < 4.78 is 5.73. The highest BCUT2D eigenvalue weighted by Crippen LogP contribution is 2.27. The van der Waals surface area contributed by atoms with Crippen LogP contribution in [0.1, 0.15) is 37.0 Å². The van der Waals surface area contributed by atoms with Crippen molar-refractivity contribution in [2.75, 3.05) is 13.2 Å². The number of likely N-dealkylation sites (N-methyl/N-ethyl adjacent to an activating group) is 1. The molecule has 2 aromatic carbocycles. The van der Waals surface area contributed by atoms with Crippen LogP contribution in [0.3, 0.4) is 0 Å². The van der Waals surface area contributed by atoms with Crippen molar-refractivity contribution in [2.24, 2.45) is 0 Å². The van der Waals surface area contributed by atoms with Crippen molar-refractivity contribution < 1.29 is 14.3 Å². The van der Waals surface area contributed by atoms with Crippen molar-refractivity contribution in [3.63, 3.8) is 0 Å². The van der Waals surface area contributed by atoms with Crippen LogP contribution in [0.4, 0.5) is 0 Å². The molecular formula is C23H28Cl2N2O3. The predicted molar refractivity (Wildman–Crippen MR) is 121 cm³/mol. The maximum atomic E-state index is 13.1. The number of nitrogens with zero attached hydrogens (tertiary/aromatic N) is 1. The number of carbonyl (C=O) groups is 2. The van der Waals surface area contributed by atoms with E-state index in [1.165, 1.54) is 4.90 Å². The van der Waals surface area contributed by atoms with Gasteiger partial charge in [0.1, 0.15) is 11.8 Å². The molecule has 0 bridgehead atoms. The fraction of sp³-hybridized carbons (Fsp3) is 0.391. The third-order valence-electron chi connectivity index (χ3n) is 4.97. The minimum absolute atomic E-state index is 0.114. The Morgan fingerprint density at radius 3 is 2.30 bits per heavy atom. The molecule has 1 N–H and O–H groups in total. The molecule has 0 radical (unpaired) electrons. The quantitative estimate of drug-likeness (QED) is 0.588. The van der Waals surface area contributed by atoms with Crippen LogP contribution < -0.4 is 10.1 Å². The number of hydrogen-bond acceptors (Lipinski definition) is 3. The predicted octanol–water partition coefficient (Wildman–Crippen LogP) is 4.93. The number of halogens is 2. The van der Waals surface area contributed by atoms with Crippen molar-refractivity contribution in [2.45, 2.75) is 46.7 Å². The van der Waals surface area contributed by atoms with Gasteiger partial charge in [0.05, 0.1) is 0 Å². The first-order valence-corrected chi connectivity index (χ1v) is 10.7. The Morgan fingerprint density at radius 1 is 1.07 bits per heavy atom. The second-order valence-electron chi connectivity index (χ2n) is 7.08. The van der Waals surface area contributed by atoms with Crippen molar-refractivity contribution in [1.82, 2.24) is 10.2 Å². The van der Waals surface area contributed by atoms with Gasteiger partial charge in [-0.25, -0.2) is 0 Å². The van der Waals surface area contributed by atoms with E-state index in [1.54, 1.807) is 18.2 Å². The summed E-state index contributed by atoms with van der Waals surface area (Å²) in [5, 5.41) is 3.69. The molecule has 7 heteroatoms. The topological polar surface area (TPSA) is 58.6 Å². The van der Waals surface area contributed by atoms with E-state index < -0.39 is 6.04 Å².